The minimum absolute atomic E-state index is 0.0493. The third-order valence-corrected chi connectivity index (χ3v) is 4.23. The topological polar surface area (TPSA) is 34.4 Å². The SMILES string of the molecule is CCc1cccc2sc(=NC(=O)C(C)C)n(CC)c12. The lowest BCUT2D eigenvalue weighted by Crippen LogP contribution is -2.18. The molecule has 0 bridgehead atoms. The Labute approximate surface area is 117 Å². The highest BCUT2D eigenvalue weighted by atomic mass is 32.1. The van der Waals surface area contributed by atoms with Crippen molar-refractivity contribution in [1.29, 1.82) is 0 Å². The van der Waals surface area contributed by atoms with Gasteiger partial charge in [0.25, 0.3) is 5.91 Å². The first-order valence-electron chi connectivity index (χ1n) is 6.78. The van der Waals surface area contributed by atoms with E-state index in [2.05, 4.69) is 41.6 Å². The number of carbonyl (C=O) groups is 1. The first-order valence-corrected chi connectivity index (χ1v) is 7.59. The number of aromatic nitrogens is 1. The van der Waals surface area contributed by atoms with E-state index >= 15 is 0 Å². The maximum absolute atomic E-state index is 11.8. The minimum atomic E-state index is -0.0545. The van der Waals surface area contributed by atoms with E-state index < -0.39 is 0 Å². The Balaban J connectivity index is 2.73. The van der Waals surface area contributed by atoms with Crippen LogP contribution in [0.5, 0.6) is 0 Å². The number of nitrogens with zero attached hydrogens (tertiary/aromatic N) is 2. The summed E-state index contributed by atoms with van der Waals surface area (Å²) in [6.45, 7) is 8.85. The van der Waals surface area contributed by atoms with Gasteiger partial charge in [0.15, 0.2) is 4.80 Å². The number of aryl methyl sites for hydroxylation is 2. The van der Waals surface area contributed by atoms with Gasteiger partial charge in [-0.25, -0.2) is 0 Å². The van der Waals surface area contributed by atoms with E-state index in [1.54, 1.807) is 11.3 Å². The molecule has 0 N–H and O–H groups in total. The van der Waals surface area contributed by atoms with Gasteiger partial charge in [-0.3, -0.25) is 4.79 Å². The first kappa shape index (κ1) is 14.0. The van der Waals surface area contributed by atoms with Crippen LogP contribution in [0.1, 0.15) is 33.3 Å². The maximum atomic E-state index is 11.8. The standard InChI is InChI=1S/C15H20N2OS/c1-5-11-8-7-9-12-13(11)17(6-2)15(19-12)16-14(18)10(3)4/h7-10H,5-6H2,1-4H3. The van der Waals surface area contributed by atoms with Crippen molar-refractivity contribution in [1.82, 2.24) is 4.57 Å². The quantitative estimate of drug-likeness (QED) is 0.846. The fourth-order valence-electron chi connectivity index (χ4n) is 2.09. The largest absolute Gasteiger partial charge is 0.316 e. The van der Waals surface area contributed by atoms with Gasteiger partial charge in [0.1, 0.15) is 0 Å². The van der Waals surface area contributed by atoms with Crippen molar-refractivity contribution in [3.05, 3.63) is 28.6 Å². The zero-order valence-electron chi connectivity index (χ0n) is 11.9. The van der Waals surface area contributed by atoms with Crippen molar-refractivity contribution in [2.75, 3.05) is 0 Å². The molecule has 3 nitrogen and oxygen atoms in total. The molecule has 0 saturated carbocycles. The molecule has 1 aromatic heterocycles. The van der Waals surface area contributed by atoms with E-state index in [1.807, 2.05) is 13.8 Å². The molecule has 0 atom stereocenters. The Morgan fingerprint density at radius 2 is 2.11 bits per heavy atom. The molecule has 102 valence electrons. The zero-order valence-corrected chi connectivity index (χ0v) is 12.8. The van der Waals surface area contributed by atoms with Gasteiger partial charge in [-0.15, -0.1) is 0 Å². The van der Waals surface area contributed by atoms with Crippen molar-refractivity contribution in [2.45, 2.75) is 40.7 Å². The van der Waals surface area contributed by atoms with Crippen molar-refractivity contribution >= 4 is 27.5 Å². The maximum Gasteiger partial charge on any atom is 0.250 e. The fourth-order valence-corrected chi connectivity index (χ4v) is 3.24. The summed E-state index contributed by atoms with van der Waals surface area (Å²) in [7, 11) is 0. The first-order chi connectivity index (χ1) is 9.08. The summed E-state index contributed by atoms with van der Waals surface area (Å²) in [5, 5.41) is 0. The van der Waals surface area contributed by atoms with Crippen LogP contribution in [0, 0.1) is 5.92 Å². The molecular formula is C15H20N2OS. The zero-order chi connectivity index (χ0) is 14.0. The highest BCUT2D eigenvalue weighted by Gasteiger charge is 2.11. The van der Waals surface area contributed by atoms with Gasteiger partial charge in [0.2, 0.25) is 0 Å². The summed E-state index contributed by atoms with van der Waals surface area (Å²) in [5.41, 5.74) is 2.54. The van der Waals surface area contributed by atoms with Crippen molar-refractivity contribution in [2.24, 2.45) is 10.9 Å². The van der Waals surface area contributed by atoms with Gasteiger partial charge in [0.05, 0.1) is 10.2 Å². The molecule has 1 heterocycles. The number of amides is 1. The van der Waals surface area contributed by atoms with E-state index in [4.69, 9.17) is 0 Å². The molecule has 2 aromatic rings. The number of rotatable bonds is 3. The van der Waals surface area contributed by atoms with Crippen LogP contribution in [0.3, 0.4) is 0 Å². The number of thiazole rings is 1. The van der Waals surface area contributed by atoms with Crippen LogP contribution in [-0.2, 0) is 17.8 Å². The number of carbonyl (C=O) groups excluding carboxylic acids is 1. The molecule has 2 rings (SSSR count). The lowest BCUT2D eigenvalue weighted by Gasteiger charge is -2.05. The van der Waals surface area contributed by atoms with Crippen molar-refractivity contribution in [3.63, 3.8) is 0 Å². The summed E-state index contributed by atoms with van der Waals surface area (Å²) in [6, 6.07) is 6.32. The van der Waals surface area contributed by atoms with E-state index in [1.165, 1.54) is 15.8 Å². The highest BCUT2D eigenvalue weighted by molar-refractivity contribution is 7.16. The fraction of sp³-hybridized carbons (Fsp3) is 0.467. The average molecular weight is 276 g/mol. The molecule has 0 spiro atoms. The van der Waals surface area contributed by atoms with Crippen LogP contribution in [0.4, 0.5) is 0 Å². The van der Waals surface area contributed by atoms with Gasteiger partial charge in [-0.1, -0.05) is 44.2 Å². The molecule has 0 fully saturated rings. The van der Waals surface area contributed by atoms with Gasteiger partial charge < -0.3 is 4.57 Å². The van der Waals surface area contributed by atoms with Crippen LogP contribution < -0.4 is 4.80 Å². The molecule has 0 aliphatic heterocycles. The van der Waals surface area contributed by atoms with Crippen LogP contribution in [0.15, 0.2) is 23.2 Å². The normalized spacial score (nSPS) is 12.6. The number of benzene rings is 1. The second-order valence-electron chi connectivity index (χ2n) is 4.85. The predicted molar refractivity (Wildman–Crippen MR) is 80.3 cm³/mol. The molecular weight excluding hydrogens is 256 g/mol. The number of hydrogen-bond donors (Lipinski definition) is 0. The summed E-state index contributed by atoms with van der Waals surface area (Å²) >= 11 is 1.60. The Hall–Kier alpha value is -1.42. The number of fused-ring (bicyclic) bond motifs is 1. The molecule has 0 unspecified atom stereocenters. The van der Waals surface area contributed by atoms with E-state index in [0.717, 1.165) is 17.8 Å². The predicted octanol–water partition coefficient (Wildman–Crippen LogP) is 3.37. The second-order valence-corrected chi connectivity index (χ2v) is 5.86. The Morgan fingerprint density at radius 3 is 2.68 bits per heavy atom. The molecule has 4 heteroatoms. The van der Waals surface area contributed by atoms with Crippen molar-refractivity contribution < 1.29 is 4.79 Å². The smallest absolute Gasteiger partial charge is 0.250 e. The Bertz CT molecular complexity index is 664. The average Bonchev–Trinajstić information content (AvgIpc) is 2.75. The number of hydrogen-bond acceptors (Lipinski definition) is 2. The van der Waals surface area contributed by atoms with E-state index in [0.29, 0.717) is 0 Å². The minimum Gasteiger partial charge on any atom is -0.316 e. The van der Waals surface area contributed by atoms with Gasteiger partial charge in [-0.2, -0.15) is 4.99 Å². The summed E-state index contributed by atoms with van der Waals surface area (Å²) in [5.74, 6) is -0.104. The molecule has 0 saturated heterocycles. The summed E-state index contributed by atoms with van der Waals surface area (Å²) in [6.07, 6.45) is 0.992. The van der Waals surface area contributed by atoms with Crippen LogP contribution >= 0.6 is 11.3 Å². The second kappa shape index (κ2) is 5.70. The molecule has 1 aromatic carbocycles. The number of para-hydroxylation sites is 1. The third-order valence-electron chi connectivity index (χ3n) is 3.18. The lowest BCUT2D eigenvalue weighted by atomic mass is 10.1. The Kier molecular flexibility index (Phi) is 4.20. The summed E-state index contributed by atoms with van der Waals surface area (Å²) in [4.78, 5) is 16.9. The van der Waals surface area contributed by atoms with Gasteiger partial charge >= 0.3 is 0 Å². The van der Waals surface area contributed by atoms with Crippen molar-refractivity contribution in [3.8, 4) is 0 Å². The van der Waals surface area contributed by atoms with E-state index in [9.17, 15) is 4.79 Å². The van der Waals surface area contributed by atoms with Crippen LogP contribution in [0.25, 0.3) is 10.2 Å². The molecule has 19 heavy (non-hydrogen) atoms. The van der Waals surface area contributed by atoms with Gasteiger partial charge in [0, 0.05) is 12.5 Å². The van der Waals surface area contributed by atoms with Crippen LogP contribution in [-0.4, -0.2) is 10.5 Å². The molecule has 0 radical (unpaired) electrons. The lowest BCUT2D eigenvalue weighted by molar-refractivity contribution is -0.120. The summed E-state index contributed by atoms with van der Waals surface area (Å²) < 4.78 is 3.36. The molecule has 0 aliphatic rings. The third kappa shape index (κ3) is 2.63. The van der Waals surface area contributed by atoms with E-state index in [-0.39, 0.29) is 11.8 Å². The monoisotopic (exact) mass is 276 g/mol. The van der Waals surface area contributed by atoms with Crippen LogP contribution in [0.2, 0.25) is 0 Å². The van der Waals surface area contributed by atoms with Gasteiger partial charge in [-0.05, 0) is 25.0 Å². The molecule has 0 aliphatic carbocycles. The highest BCUT2D eigenvalue weighted by Crippen LogP contribution is 2.22. The Morgan fingerprint density at radius 1 is 1.37 bits per heavy atom. The molecule has 1 amide bonds.